The van der Waals surface area contributed by atoms with E-state index in [0.29, 0.717) is 28.1 Å². The lowest BCUT2D eigenvalue weighted by Gasteiger charge is -2.40. The van der Waals surface area contributed by atoms with Gasteiger partial charge in [0.25, 0.3) is 0 Å². The van der Waals surface area contributed by atoms with Gasteiger partial charge in [-0.2, -0.15) is 0 Å². The van der Waals surface area contributed by atoms with Crippen LogP contribution in [0.25, 0.3) is 0 Å². The Morgan fingerprint density at radius 3 is 2.30 bits per heavy atom. The number of aromatic hydroxyl groups is 4. The van der Waals surface area contributed by atoms with Gasteiger partial charge in [-0.15, -0.1) is 0 Å². The highest BCUT2D eigenvalue weighted by atomic mass is 35.5. The lowest BCUT2D eigenvalue weighted by Crippen LogP contribution is -2.49. The summed E-state index contributed by atoms with van der Waals surface area (Å²) in [6, 6.07) is 11.4. The van der Waals surface area contributed by atoms with Crippen molar-refractivity contribution in [1.29, 1.82) is 0 Å². The molecule has 0 radical (unpaired) electrons. The van der Waals surface area contributed by atoms with Gasteiger partial charge in [-0.3, -0.25) is 4.79 Å². The maximum atomic E-state index is 13.0. The van der Waals surface area contributed by atoms with Gasteiger partial charge < -0.3 is 30.1 Å². The van der Waals surface area contributed by atoms with Crippen LogP contribution in [0.1, 0.15) is 22.7 Å². The summed E-state index contributed by atoms with van der Waals surface area (Å²) in [5, 5.41) is 40.0. The van der Waals surface area contributed by atoms with E-state index in [4.69, 9.17) is 16.3 Å². The number of halogens is 1. The van der Waals surface area contributed by atoms with E-state index >= 15 is 0 Å². The first-order chi connectivity index (χ1) is 15.8. The minimum absolute atomic E-state index is 0.0612. The second kappa shape index (κ2) is 8.91. The number of esters is 1. The fourth-order valence-corrected chi connectivity index (χ4v) is 4.11. The molecule has 0 spiro atoms. The van der Waals surface area contributed by atoms with E-state index in [1.165, 1.54) is 41.3 Å². The summed E-state index contributed by atoms with van der Waals surface area (Å²) in [7, 11) is 0. The van der Waals surface area contributed by atoms with Crippen molar-refractivity contribution in [2.75, 3.05) is 0 Å². The summed E-state index contributed by atoms with van der Waals surface area (Å²) in [6.45, 7) is 0. The van der Waals surface area contributed by atoms with Crippen molar-refractivity contribution in [3.8, 4) is 28.7 Å². The fraction of sp³-hybridized carbons (Fsp3) is 0.167. The first-order valence-corrected chi connectivity index (χ1v) is 10.4. The number of carbonyl (C=O) groups is 2. The van der Waals surface area contributed by atoms with Gasteiger partial charge in [-0.1, -0.05) is 17.7 Å². The van der Waals surface area contributed by atoms with Gasteiger partial charge >= 0.3 is 5.97 Å². The standard InChI is InChI=1S/C24H20ClNO7/c25-15-2-4-16(5-3-15)33-24(32)19-9-14-10-22(30)23(31)11-17(14)18(26(19)12-27)7-13-1-6-20(28)21(29)8-13/h1-6,8,10-12,18-19,28-31H,7,9H2/t18-,19-/m0/s1. The molecular weight excluding hydrogens is 450 g/mol. The third-order valence-corrected chi connectivity index (χ3v) is 5.88. The maximum Gasteiger partial charge on any atom is 0.334 e. The number of phenols is 4. The Bertz CT molecular complexity index is 1210. The number of rotatable bonds is 5. The van der Waals surface area contributed by atoms with Crippen molar-refractivity contribution in [3.05, 3.63) is 76.3 Å². The number of fused-ring (bicyclic) bond motifs is 1. The number of hydrogen-bond donors (Lipinski definition) is 4. The van der Waals surface area contributed by atoms with Crippen molar-refractivity contribution in [2.45, 2.75) is 24.9 Å². The number of benzene rings is 3. The highest BCUT2D eigenvalue weighted by Gasteiger charge is 2.39. The smallest absolute Gasteiger partial charge is 0.334 e. The second-order valence-corrected chi connectivity index (χ2v) is 8.17. The quantitative estimate of drug-likeness (QED) is 0.195. The highest BCUT2D eigenvalue weighted by Crippen LogP contribution is 2.41. The molecule has 3 aromatic rings. The molecule has 0 saturated heterocycles. The van der Waals surface area contributed by atoms with Crippen molar-refractivity contribution >= 4 is 24.0 Å². The highest BCUT2D eigenvalue weighted by molar-refractivity contribution is 6.30. The molecular formula is C24H20ClNO7. The molecule has 8 nitrogen and oxygen atoms in total. The summed E-state index contributed by atoms with van der Waals surface area (Å²) in [4.78, 5) is 26.5. The topological polar surface area (TPSA) is 128 Å². The molecule has 0 aromatic heterocycles. The predicted molar refractivity (Wildman–Crippen MR) is 118 cm³/mol. The Hall–Kier alpha value is -3.91. The molecule has 4 rings (SSSR count). The Balaban J connectivity index is 1.72. The third-order valence-electron chi connectivity index (χ3n) is 5.62. The SMILES string of the molecule is O=CN1[C@H](C(=O)Oc2ccc(Cl)cc2)Cc2cc(O)c(O)cc2[C@@H]1Cc1ccc(O)c(O)c1. The minimum atomic E-state index is -1.01. The summed E-state index contributed by atoms with van der Waals surface area (Å²) in [5.41, 5.74) is 1.68. The molecule has 0 saturated carbocycles. The number of nitrogens with zero attached hydrogens (tertiary/aromatic N) is 1. The molecule has 0 bridgehead atoms. The zero-order chi connectivity index (χ0) is 23.7. The van der Waals surface area contributed by atoms with E-state index in [1.807, 2.05) is 0 Å². The average Bonchev–Trinajstić information content (AvgIpc) is 2.78. The number of hydrogen-bond acceptors (Lipinski definition) is 7. The first-order valence-electron chi connectivity index (χ1n) is 10.0. The van der Waals surface area contributed by atoms with Crippen molar-refractivity contribution in [3.63, 3.8) is 0 Å². The van der Waals surface area contributed by atoms with E-state index in [0.717, 1.165) is 0 Å². The van der Waals surface area contributed by atoms with Crippen LogP contribution < -0.4 is 4.74 Å². The summed E-state index contributed by atoms with van der Waals surface area (Å²) in [5.74, 6) is -1.74. The van der Waals surface area contributed by atoms with Crippen LogP contribution in [-0.2, 0) is 22.4 Å². The van der Waals surface area contributed by atoms with Crippen LogP contribution in [0.5, 0.6) is 28.7 Å². The molecule has 0 fully saturated rings. The minimum Gasteiger partial charge on any atom is -0.504 e. The number of phenolic OH excluding ortho intramolecular Hbond substituents is 4. The lowest BCUT2D eigenvalue weighted by atomic mass is 9.85. The van der Waals surface area contributed by atoms with E-state index in [-0.39, 0.29) is 41.6 Å². The van der Waals surface area contributed by atoms with E-state index in [9.17, 15) is 30.0 Å². The van der Waals surface area contributed by atoms with Crippen LogP contribution in [0.3, 0.4) is 0 Å². The van der Waals surface area contributed by atoms with Gasteiger partial charge in [0, 0.05) is 11.4 Å². The van der Waals surface area contributed by atoms with Crippen LogP contribution in [-0.4, -0.2) is 43.7 Å². The van der Waals surface area contributed by atoms with Gasteiger partial charge in [0.1, 0.15) is 11.8 Å². The van der Waals surface area contributed by atoms with Crippen molar-refractivity contribution < 1.29 is 34.8 Å². The van der Waals surface area contributed by atoms with Crippen LogP contribution in [0.15, 0.2) is 54.6 Å². The average molecular weight is 470 g/mol. The van der Waals surface area contributed by atoms with E-state index in [2.05, 4.69) is 0 Å². The third kappa shape index (κ3) is 4.51. The second-order valence-electron chi connectivity index (χ2n) is 7.73. The first kappa shape index (κ1) is 22.3. The summed E-state index contributed by atoms with van der Waals surface area (Å²) < 4.78 is 5.46. The molecule has 0 aliphatic carbocycles. The number of ether oxygens (including phenoxy) is 1. The van der Waals surface area contributed by atoms with Gasteiger partial charge in [-0.05, 0) is 71.6 Å². The van der Waals surface area contributed by atoms with Crippen LogP contribution in [0, 0.1) is 0 Å². The van der Waals surface area contributed by atoms with Crippen LogP contribution in [0.4, 0.5) is 0 Å². The molecule has 2 atom stereocenters. The van der Waals surface area contributed by atoms with E-state index in [1.54, 1.807) is 18.2 Å². The molecule has 1 heterocycles. The number of carbonyl (C=O) groups excluding carboxylic acids is 2. The van der Waals surface area contributed by atoms with E-state index < -0.39 is 18.1 Å². The molecule has 9 heteroatoms. The lowest BCUT2D eigenvalue weighted by molar-refractivity contribution is -0.146. The molecule has 0 unspecified atom stereocenters. The van der Waals surface area contributed by atoms with Crippen LogP contribution in [0.2, 0.25) is 5.02 Å². The zero-order valence-electron chi connectivity index (χ0n) is 17.2. The Kier molecular flexibility index (Phi) is 6.02. The Morgan fingerprint density at radius 2 is 1.64 bits per heavy atom. The fourth-order valence-electron chi connectivity index (χ4n) is 3.99. The van der Waals surface area contributed by atoms with Gasteiger partial charge in [0.2, 0.25) is 6.41 Å². The molecule has 33 heavy (non-hydrogen) atoms. The molecule has 170 valence electrons. The molecule has 1 aliphatic heterocycles. The maximum absolute atomic E-state index is 13.0. The van der Waals surface area contributed by atoms with Gasteiger partial charge in [0.05, 0.1) is 6.04 Å². The number of amides is 1. The van der Waals surface area contributed by atoms with Gasteiger partial charge in [-0.25, -0.2) is 4.79 Å². The molecule has 4 N–H and O–H groups in total. The van der Waals surface area contributed by atoms with Gasteiger partial charge in [0.15, 0.2) is 23.0 Å². The Morgan fingerprint density at radius 1 is 0.970 bits per heavy atom. The molecule has 1 aliphatic rings. The monoisotopic (exact) mass is 469 g/mol. The van der Waals surface area contributed by atoms with Crippen molar-refractivity contribution in [2.24, 2.45) is 0 Å². The summed E-state index contributed by atoms with van der Waals surface area (Å²) in [6.07, 6.45) is 0.756. The van der Waals surface area contributed by atoms with Crippen molar-refractivity contribution in [1.82, 2.24) is 4.90 Å². The predicted octanol–water partition coefficient (Wildman–Crippen LogP) is 3.43. The molecule has 3 aromatic carbocycles. The molecule has 1 amide bonds. The normalized spacial score (nSPS) is 17.3. The largest absolute Gasteiger partial charge is 0.504 e. The zero-order valence-corrected chi connectivity index (χ0v) is 17.9. The summed E-state index contributed by atoms with van der Waals surface area (Å²) >= 11 is 5.87. The van der Waals surface area contributed by atoms with Crippen LogP contribution >= 0.6 is 11.6 Å². The Labute approximate surface area is 193 Å².